The standard InChI is InChI=1S/C22H23N3O2/c26-21(23-14-16-8-4-5-9-16)20-18-12-6-7-13-19(18)22(27)25(24-20)15-17-10-2-1-3-11-17/h1-3,6-7,10-13,16H,4-5,8-9,14-15H2,(H,23,26). The Morgan fingerprint density at radius 3 is 2.41 bits per heavy atom. The molecule has 1 saturated carbocycles. The van der Waals surface area contributed by atoms with Gasteiger partial charge in [0, 0.05) is 11.9 Å². The molecule has 0 aliphatic heterocycles. The normalized spacial score (nSPS) is 14.5. The number of hydrogen-bond donors (Lipinski definition) is 1. The van der Waals surface area contributed by atoms with Crippen LogP contribution in [-0.2, 0) is 6.54 Å². The number of aromatic nitrogens is 2. The van der Waals surface area contributed by atoms with Gasteiger partial charge in [0.15, 0.2) is 5.69 Å². The van der Waals surface area contributed by atoms with Gasteiger partial charge in [0.05, 0.1) is 11.9 Å². The molecule has 1 heterocycles. The Balaban J connectivity index is 1.69. The van der Waals surface area contributed by atoms with Crippen molar-refractivity contribution in [3.63, 3.8) is 0 Å². The predicted octanol–water partition coefficient (Wildman–Crippen LogP) is 3.36. The monoisotopic (exact) mass is 361 g/mol. The number of nitrogens with zero attached hydrogens (tertiary/aromatic N) is 2. The molecule has 4 rings (SSSR count). The minimum Gasteiger partial charge on any atom is -0.350 e. The van der Waals surface area contributed by atoms with Crippen LogP contribution in [0.25, 0.3) is 10.8 Å². The Hall–Kier alpha value is -2.95. The first-order valence-corrected chi connectivity index (χ1v) is 9.54. The van der Waals surface area contributed by atoms with E-state index in [0.29, 0.717) is 35.5 Å². The average molecular weight is 361 g/mol. The molecular formula is C22H23N3O2. The highest BCUT2D eigenvalue weighted by molar-refractivity contribution is 6.04. The number of fused-ring (bicyclic) bond motifs is 1. The lowest BCUT2D eigenvalue weighted by atomic mass is 10.1. The third kappa shape index (κ3) is 3.77. The van der Waals surface area contributed by atoms with E-state index in [-0.39, 0.29) is 11.5 Å². The predicted molar refractivity (Wildman–Crippen MR) is 106 cm³/mol. The summed E-state index contributed by atoms with van der Waals surface area (Å²) in [4.78, 5) is 25.7. The molecule has 0 unspecified atom stereocenters. The maximum atomic E-state index is 12.8. The lowest BCUT2D eigenvalue weighted by molar-refractivity contribution is 0.0942. The largest absolute Gasteiger partial charge is 0.350 e. The summed E-state index contributed by atoms with van der Waals surface area (Å²) < 4.78 is 1.39. The van der Waals surface area contributed by atoms with Crippen molar-refractivity contribution < 1.29 is 4.79 Å². The molecule has 1 N–H and O–H groups in total. The second-order valence-corrected chi connectivity index (χ2v) is 7.20. The van der Waals surface area contributed by atoms with Gasteiger partial charge in [-0.2, -0.15) is 5.10 Å². The third-order valence-corrected chi connectivity index (χ3v) is 5.28. The van der Waals surface area contributed by atoms with Crippen molar-refractivity contribution in [2.45, 2.75) is 32.2 Å². The molecule has 27 heavy (non-hydrogen) atoms. The third-order valence-electron chi connectivity index (χ3n) is 5.28. The zero-order chi connectivity index (χ0) is 18.6. The summed E-state index contributed by atoms with van der Waals surface area (Å²) in [6.07, 6.45) is 4.82. The van der Waals surface area contributed by atoms with Crippen molar-refractivity contribution in [1.29, 1.82) is 0 Å². The fourth-order valence-electron chi connectivity index (χ4n) is 3.80. The molecule has 1 fully saturated rings. The maximum absolute atomic E-state index is 12.8. The first-order valence-electron chi connectivity index (χ1n) is 9.54. The van der Waals surface area contributed by atoms with Crippen molar-refractivity contribution in [2.24, 2.45) is 5.92 Å². The number of rotatable bonds is 5. The maximum Gasteiger partial charge on any atom is 0.274 e. The smallest absolute Gasteiger partial charge is 0.274 e. The summed E-state index contributed by atoms with van der Waals surface area (Å²) in [6, 6.07) is 16.9. The molecule has 0 radical (unpaired) electrons. The minimum atomic E-state index is -0.208. The number of carbonyl (C=O) groups is 1. The zero-order valence-electron chi connectivity index (χ0n) is 15.2. The number of benzene rings is 2. The quantitative estimate of drug-likeness (QED) is 0.758. The van der Waals surface area contributed by atoms with E-state index in [9.17, 15) is 9.59 Å². The molecule has 0 atom stereocenters. The van der Waals surface area contributed by atoms with E-state index in [1.54, 1.807) is 12.1 Å². The van der Waals surface area contributed by atoms with E-state index in [4.69, 9.17) is 0 Å². The van der Waals surface area contributed by atoms with Gasteiger partial charge in [0.1, 0.15) is 0 Å². The molecular weight excluding hydrogens is 338 g/mol. The molecule has 0 saturated heterocycles. The fourth-order valence-corrected chi connectivity index (χ4v) is 3.80. The van der Waals surface area contributed by atoms with Crippen molar-refractivity contribution in [2.75, 3.05) is 6.54 Å². The van der Waals surface area contributed by atoms with Gasteiger partial charge < -0.3 is 5.32 Å². The van der Waals surface area contributed by atoms with E-state index in [0.717, 1.165) is 5.56 Å². The minimum absolute atomic E-state index is 0.179. The van der Waals surface area contributed by atoms with Gasteiger partial charge in [-0.05, 0) is 30.4 Å². The first kappa shape index (κ1) is 17.5. The summed E-state index contributed by atoms with van der Waals surface area (Å²) in [5.74, 6) is 0.343. The molecule has 2 aromatic carbocycles. The Morgan fingerprint density at radius 2 is 1.67 bits per heavy atom. The first-order chi connectivity index (χ1) is 13.2. The number of amides is 1. The van der Waals surface area contributed by atoms with E-state index >= 15 is 0 Å². The summed E-state index contributed by atoms with van der Waals surface area (Å²) in [5.41, 5.74) is 1.11. The van der Waals surface area contributed by atoms with E-state index in [1.807, 2.05) is 42.5 Å². The molecule has 0 bridgehead atoms. The van der Waals surface area contributed by atoms with Crippen molar-refractivity contribution in [1.82, 2.24) is 15.1 Å². The second-order valence-electron chi connectivity index (χ2n) is 7.20. The Morgan fingerprint density at radius 1 is 1.00 bits per heavy atom. The van der Waals surface area contributed by atoms with Crippen LogP contribution in [0.15, 0.2) is 59.4 Å². The topological polar surface area (TPSA) is 64.0 Å². The summed E-state index contributed by atoms with van der Waals surface area (Å²) in [5, 5.41) is 8.59. The highest BCUT2D eigenvalue weighted by Crippen LogP contribution is 2.24. The van der Waals surface area contributed by atoms with Crippen molar-refractivity contribution in [3.05, 3.63) is 76.2 Å². The summed E-state index contributed by atoms with van der Waals surface area (Å²) >= 11 is 0. The molecule has 5 heteroatoms. The lowest BCUT2D eigenvalue weighted by Gasteiger charge is -2.13. The lowest BCUT2D eigenvalue weighted by Crippen LogP contribution is -2.33. The average Bonchev–Trinajstić information content (AvgIpc) is 3.23. The molecule has 1 aromatic heterocycles. The van der Waals surface area contributed by atoms with E-state index in [1.165, 1.54) is 30.4 Å². The van der Waals surface area contributed by atoms with E-state index in [2.05, 4.69) is 10.4 Å². The highest BCUT2D eigenvalue weighted by Gasteiger charge is 2.19. The molecule has 3 aromatic rings. The van der Waals surface area contributed by atoms with Gasteiger partial charge >= 0.3 is 0 Å². The molecule has 1 aliphatic rings. The molecule has 0 spiro atoms. The number of hydrogen-bond acceptors (Lipinski definition) is 3. The highest BCUT2D eigenvalue weighted by atomic mass is 16.2. The SMILES string of the molecule is O=C(NCC1CCCC1)c1nn(Cc2ccccc2)c(=O)c2ccccc12. The molecule has 1 amide bonds. The van der Waals surface area contributed by atoms with E-state index < -0.39 is 0 Å². The van der Waals surface area contributed by atoms with Crippen LogP contribution in [0, 0.1) is 5.92 Å². The van der Waals surface area contributed by atoms with Crippen LogP contribution in [0.3, 0.4) is 0 Å². The van der Waals surface area contributed by atoms with Crippen LogP contribution in [0.5, 0.6) is 0 Å². The fraction of sp³-hybridized carbons (Fsp3) is 0.318. The van der Waals surface area contributed by atoms with Crippen LogP contribution in [0.2, 0.25) is 0 Å². The van der Waals surface area contributed by atoms with Gasteiger partial charge in [-0.15, -0.1) is 0 Å². The van der Waals surface area contributed by atoms with Crippen molar-refractivity contribution >= 4 is 16.7 Å². The van der Waals surface area contributed by atoms with Gasteiger partial charge in [-0.3, -0.25) is 9.59 Å². The molecule has 138 valence electrons. The second kappa shape index (κ2) is 7.74. The Bertz CT molecular complexity index is 1000. The van der Waals surface area contributed by atoms with Crippen LogP contribution in [-0.4, -0.2) is 22.2 Å². The summed E-state index contributed by atoms with van der Waals surface area (Å²) in [6.45, 7) is 1.01. The van der Waals surface area contributed by atoms with Gasteiger partial charge in [-0.1, -0.05) is 61.4 Å². The van der Waals surface area contributed by atoms with Crippen LogP contribution >= 0.6 is 0 Å². The van der Waals surface area contributed by atoms with Gasteiger partial charge in [-0.25, -0.2) is 4.68 Å². The number of nitrogens with one attached hydrogen (secondary N) is 1. The molecule has 5 nitrogen and oxygen atoms in total. The van der Waals surface area contributed by atoms with Crippen molar-refractivity contribution in [3.8, 4) is 0 Å². The Labute approximate surface area is 158 Å². The zero-order valence-corrected chi connectivity index (χ0v) is 15.2. The van der Waals surface area contributed by atoms with Gasteiger partial charge in [0.25, 0.3) is 11.5 Å². The van der Waals surface area contributed by atoms with Crippen LogP contribution in [0.1, 0.15) is 41.7 Å². The summed E-state index contributed by atoms with van der Waals surface area (Å²) in [7, 11) is 0. The van der Waals surface area contributed by atoms with Crippen LogP contribution in [0.4, 0.5) is 0 Å². The Kier molecular flexibility index (Phi) is 5.01. The van der Waals surface area contributed by atoms with Crippen LogP contribution < -0.4 is 10.9 Å². The molecule has 1 aliphatic carbocycles. The number of carbonyl (C=O) groups excluding carboxylic acids is 1. The van der Waals surface area contributed by atoms with Gasteiger partial charge in [0.2, 0.25) is 0 Å².